The molecule has 6 saturated carbocycles. The maximum absolute atomic E-state index is 13.2. The number of carbonyl (C=O) groups excluding carboxylic acids is 4. The van der Waals surface area contributed by atoms with E-state index in [1.54, 1.807) is 0 Å². The van der Waals surface area contributed by atoms with E-state index in [0.29, 0.717) is 142 Å². The molecule has 4 N–H and O–H groups in total. The fourth-order valence-corrected chi connectivity index (χ4v) is 21.7. The van der Waals surface area contributed by atoms with E-state index in [4.69, 9.17) is 43.3 Å². The average molecular weight is 1430 g/mol. The van der Waals surface area contributed by atoms with Gasteiger partial charge < -0.3 is 39.6 Å². The molecule has 0 saturated heterocycles. The van der Waals surface area contributed by atoms with Gasteiger partial charge in [-0.1, -0.05) is 92.6 Å². The number of phenols is 1. The van der Waals surface area contributed by atoms with E-state index in [2.05, 4.69) is 126 Å². The van der Waals surface area contributed by atoms with Crippen LogP contribution in [0.3, 0.4) is 0 Å². The van der Waals surface area contributed by atoms with Gasteiger partial charge in [0.25, 0.3) is 0 Å². The number of ketones is 3. The number of fused-ring (bicyclic) bond motifs is 14. The van der Waals surface area contributed by atoms with Crippen molar-refractivity contribution < 1.29 is 53.4 Å². The predicted molar refractivity (Wildman–Crippen MR) is 416 cm³/mol. The van der Waals surface area contributed by atoms with Crippen LogP contribution in [-0.2, 0) is 32.0 Å². The summed E-state index contributed by atoms with van der Waals surface area (Å²) >= 11 is 0. The molecule has 6 fully saturated rings. The van der Waals surface area contributed by atoms with Crippen LogP contribution in [0.5, 0.6) is 28.7 Å². The Morgan fingerprint density at radius 1 is 0.557 bits per heavy atom. The van der Waals surface area contributed by atoms with Crippen molar-refractivity contribution in [3.63, 3.8) is 0 Å². The molecule has 14 nitrogen and oxygen atoms in total. The number of nitrogens with zero attached hydrogens (tertiary/aromatic N) is 2. The lowest BCUT2D eigenvalue weighted by molar-refractivity contribution is -0.132. The minimum absolute atomic E-state index is 0.0307. The number of aromatic hydroxyl groups is 1. The Kier molecular flexibility index (Phi) is 24.7. The molecule has 0 spiro atoms. The van der Waals surface area contributed by atoms with Crippen LogP contribution < -0.4 is 24.3 Å². The molecule has 0 aliphatic heterocycles. The van der Waals surface area contributed by atoms with E-state index in [1.807, 2.05) is 56.6 Å². The zero-order valence-corrected chi connectivity index (χ0v) is 63.5. The minimum Gasteiger partial charge on any atom is -0.508 e. The summed E-state index contributed by atoms with van der Waals surface area (Å²) in [4.78, 5) is 54.0. The first-order valence-corrected chi connectivity index (χ1v) is 39.1. The Morgan fingerprint density at radius 2 is 1.08 bits per heavy atom. The third-order valence-electron chi connectivity index (χ3n) is 26.7. The number of allylic oxidation sites excluding steroid dienone is 4. The van der Waals surface area contributed by atoms with E-state index in [9.17, 15) is 29.4 Å². The van der Waals surface area contributed by atoms with E-state index in [0.717, 1.165) is 127 Å². The lowest BCUT2D eigenvalue weighted by Gasteiger charge is -2.54. The van der Waals surface area contributed by atoms with Crippen LogP contribution in [-0.4, -0.2) is 135 Å². The van der Waals surface area contributed by atoms with Crippen LogP contribution in [0.2, 0.25) is 0 Å². The van der Waals surface area contributed by atoms with Gasteiger partial charge in [-0.05, 0) is 285 Å². The van der Waals surface area contributed by atoms with Crippen molar-refractivity contribution in [3.8, 4) is 65.8 Å². The second-order valence-corrected chi connectivity index (χ2v) is 32.6. The van der Waals surface area contributed by atoms with Crippen LogP contribution in [0, 0.1) is 88.8 Å². The number of aliphatic hydroxyl groups is 2. The SMILES string of the molecule is C#CCN(C)CCOc1ccc([C@H]2C[C@@]3(C)C(CC[C@@H]3O)C3CCc4cc(O)ccc4C32)cc1.C#CCN(C)CCOc1ccc([C@H]2C[C@]3(C)C(=O)CCC3C3CCc4cc(OC(C)=O)ccc4C32)cc1.C#CCNCCOc1ccc([C@H]2C[C@]3(C)C(=O)CCC3C3CCC4=CC(=O)CCC4=C32)cc1.CO. The Balaban J connectivity index is 0.000000147. The van der Waals surface area contributed by atoms with Crippen LogP contribution in [0.15, 0.2) is 132 Å². The van der Waals surface area contributed by atoms with Crippen LogP contribution in [0.1, 0.15) is 193 Å². The summed E-state index contributed by atoms with van der Waals surface area (Å²) in [5, 5.41) is 31.3. The zero-order chi connectivity index (χ0) is 75.0. The Labute approximate surface area is 629 Å². The van der Waals surface area contributed by atoms with Gasteiger partial charge in [0.2, 0.25) is 0 Å². The molecule has 0 heterocycles. The molecule has 560 valence electrons. The maximum atomic E-state index is 13.2. The zero-order valence-electron chi connectivity index (χ0n) is 63.5. The molecular weight excluding hydrogens is 1320 g/mol. The van der Waals surface area contributed by atoms with Gasteiger partial charge in [-0.25, -0.2) is 0 Å². The van der Waals surface area contributed by atoms with Gasteiger partial charge in [-0.2, -0.15) is 0 Å². The minimum atomic E-state index is -0.297. The molecular formula is C92H111N3O11. The molecule has 10 aliphatic carbocycles. The number of phenolic OH excluding ortho intramolecular Hbond substituents is 1. The largest absolute Gasteiger partial charge is 0.508 e. The molecule has 14 heteroatoms. The number of rotatable bonds is 19. The number of aliphatic hydroxyl groups excluding tert-OH is 2. The molecule has 106 heavy (non-hydrogen) atoms. The molecule has 10 aliphatic rings. The molecule has 8 unspecified atom stereocenters. The molecule has 0 radical (unpaired) electrons. The molecule has 15 rings (SSSR count). The first kappa shape index (κ1) is 77.4. The second kappa shape index (κ2) is 33.9. The van der Waals surface area contributed by atoms with Crippen LogP contribution in [0.4, 0.5) is 0 Å². The Bertz CT molecular complexity index is 4180. The summed E-state index contributed by atoms with van der Waals surface area (Å²) in [6, 6.07) is 37.7. The molecule has 0 bridgehead atoms. The lowest BCUT2D eigenvalue weighted by Crippen LogP contribution is -2.47. The highest BCUT2D eigenvalue weighted by molar-refractivity contribution is 5.93. The highest BCUT2D eigenvalue weighted by Crippen LogP contribution is 2.67. The topological polar surface area (TPSA) is 184 Å². The number of likely N-dealkylation sites (N-methyl/N-ethyl adjacent to an activating group) is 2. The van der Waals surface area contributed by atoms with Crippen LogP contribution in [0.25, 0.3) is 0 Å². The third kappa shape index (κ3) is 16.1. The highest BCUT2D eigenvalue weighted by Gasteiger charge is 2.60. The smallest absolute Gasteiger partial charge is 0.308 e. The maximum Gasteiger partial charge on any atom is 0.308 e. The van der Waals surface area contributed by atoms with Gasteiger partial charge in [-0.15, -0.1) is 19.3 Å². The summed E-state index contributed by atoms with van der Waals surface area (Å²) in [6.07, 6.45) is 33.6. The fourth-order valence-electron chi connectivity index (χ4n) is 21.7. The number of ether oxygens (including phenoxy) is 4. The average Bonchev–Trinajstić information content (AvgIpc) is 1.41. The number of aryl methyl sites for hydroxylation is 2. The van der Waals surface area contributed by atoms with Crippen LogP contribution >= 0.6 is 0 Å². The number of Topliss-reactive ketones (excluding diaryl/α,β-unsaturated/α-hetero) is 2. The number of esters is 1. The predicted octanol–water partition coefficient (Wildman–Crippen LogP) is 14.7. The summed E-state index contributed by atoms with van der Waals surface area (Å²) in [6.45, 7) is 14.0. The van der Waals surface area contributed by atoms with E-state index in [1.165, 1.54) is 62.6 Å². The van der Waals surface area contributed by atoms with Crippen molar-refractivity contribution in [2.45, 2.75) is 173 Å². The van der Waals surface area contributed by atoms with Gasteiger partial charge in [0.15, 0.2) is 5.78 Å². The first-order chi connectivity index (χ1) is 51.2. The summed E-state index contributed by atoms with van der Waals surface area (Å²) < 4.78 is 23.2. The van der Waals surface area contributed by atoms with Crippen molar-refractivity contribution in [1.82, 2.24) is 15.1 Å². The van der Waals surface area contributed by atoms with E-state index >= 15 is 0 Å². The standard InChI is InChI=1S/C32H37NO4.C30H37NO3.C29H33NO3.CH4O/c1-5-16-33(4)17-18-36-24-9-6-22(7-10-24)28-20-32(3)29(14-15-30(32)35)27-12-8-23-19-25(37-21(2)34)11-13-26(23)31(27)28;1-4-15-31(3)16-17-34-23-9-5-20(6-10-23)26-19-30(2)27(13-14-28(30)33)25-11-7-21-18-22(32)8-12-24(21)29(25)26;1-3-14-30-15-16-33-22-8-4-19(5-9-22)25-18-29(2)26(12-13-27(29)32)24-10-6-20-17-21(31)7-11-23(20)28(24)25;1-2/h1,6-7,9-11,13,19,27-29,31H,8,12,14-18,20H2,2-4H3;1,5-6,8-10,12,18,25-29,32-33H,7,11,13-17,19H2,2-3H3;1,4-5,8-9,17,24-26,30H,6-7,10-16,18H2,2H3;2H,1H3/t27?,28-,29?,31?,32+;25?,26-,27?,28+,29?,30+;24?,25-,26?,29+;/m111./s1. The number of carbonyl (C=O) groups is 4. The van der Waals surface area contributed by atoms with Gasteiger partial charge in [-0.3, -0.25) is 29.0 Å². The normalized spacial score (nSPS) is 29.7. The summed E-state index contributed by atoms with van der Waals surface area (Å²) in [5.41, 5.74) is 12.9. The first-order valence-electron chi connectivity index (χ1n) is 39.1. The van der Waals surface area contributed by atoms with Gasteiger partial charge in [0.05, 0.1) is 25.7 Å². The number of hydrogen-bond acceptors (Lipinski definition) is 14. The quantitative estimate of drug-likeness (QED) is 0.0265. The van der Waals surface area contributed by atoms with Crippen molar-refractivity contribution >= 4 is 23.3 Å². The number of hydrogen-bond donors (Lipinski definition) is 4. The molecule has 5 aromatic carbocycles. The lowest BCUT2D eigenvalue weighted by atomic mass is 9.51. The summed E-state index contributed by atoms with van der Waals surface area (Å²) in [7, 11) is 4.99. The second-order valence-electron chi connectivity index (χ2n) is 32.6. The Morgan fingerprint density at radius 3 is 1.67 bits per heavy atom. The highest BCUT2D eigenvalue weighted by atomic mass is 16.5. The fraction of sp³-hybridized carbons (Fsp3) is 0.522. The van der Waals surface area contributed by atoms with Gasteiger partial charge >= 0.3 is 5.97 Å². The third-order valence-corrected chi connectivity index (χ3v) is 26.7. The number of benzene rings is 5. The van der Waals surface area contributed by atoms with Gasteiger partial charge in [0, 0.05) is 69.7 Å². The summed E-state index contributed by atoms with van der Waals surface area (Å²) in [5.74, 6) is 16.8. The van der Waals surface area contributed by atoms with Gasteiger partial charge in [0.1, 0.15) is 60.1 Å². The van der Waals surface area contributed by atoms with E-state index < -0.39 is 0 Å². The number of terminal acetylenes is 3. The monoisotopic (exact) mass is 1430 g/mol. The molecule has 0 aromatic heterocycles. The van der Waals surface area contributed by atoms with Crippen molar-refractivity contribution in [2.24, 2.45) is 51.8 Å². The van der Waals surface area contributed by atoms with Crippen molar-refractivity contribution in [3.05, 3.63) is 171 Å². The molecule has 15 atom stereocenters. The van der Waals surface area contributed by atoms with E-state index in [-0.39, 0.29) is 45.9 Å². The van der Waals surface area contributed by atoms with Crippen molar-refractivity contribution in [1.29, 1.82) is 0 Å². The molecule has 0 amide bonds. The molecule has 5 aromatic rings. The Hall–Kier alpha value is -8.26. The van der Waals surface area contributed by atoms with Crippen molar-refractivity contribution in [2.75, 3.05) is 80.3 Å². The number of nitrogens with one attached hydrogen (secondary N) is 1.